The van der Waals surface area contributed by atoms with Crippen molar-refractivity contribution in [2.45, 2.75) is 72.8 Å². The number of hydrogen-bond acceptors (Lipinski definition) is 5. The Kier molecular flexibility index (Phi) is 8.27. The zero-order valence-corrected chi connectivity index (χ0v) is 17.5. The second kappa shape index (κ2) is 9.54. The molecule has 0 bridgehead atoms. The van der Waals surface area contributed by atoms with Crippen LogP contribution in [0.3, 0.4) is 0 Å². The van der Waals surface area contributed by atoms with Crippen molar-refractivity contribution in [1.29, 1.82) is 0 Å². The topological polar surface area (TPSA) is 88.5 Å². The average molecular weight is 379 g/mol. The van der Waals surface area contributed by atoms with E-state index in [1.165, 1.54) is 6.08 Å². The van der Waals surface area contributed by atoms with Gasteiger partial charge in [-0.05, 0) is 36.7 Å². The molecule has 0 aromatic rings. The van der Waals surface area contributed by atoms with Crippen LogP contribution in [-0.2, 0) is 19.2 Å². The van der Waals surface area contributed by atoms with E-state index in [-0.39, 0.29) is 30.6 Å². The van der Waals surface area contributed by atoms with Crippen LogP contribution in [0, 0.1) is 29.6 Å². The van der Waals surface area contributed by atoms with Crippen molar-refractivity contribution in [2.24, 2.45) is 29.6 Å². The van der Waals surface area contributed by atoms with E-state index in [9.17, 15) is 24.3 Å². The molecule has 27 heavy (non-hydrogen) atoms. The van der Waals surface area contributed by atoms with Gasteiger partial charge in [0.25, 0.3) is 0 Å². The van der Waals surface area contributed by atoms with Crippen LogP contribution >= 0.6 is 0 Å². The van der Waals surface area contributed by atoms with Gasteiger partial charge in [-0.25, -0.2) is 0 Å². The fourth-order valence-corrected chi connectivity index (χ4v) is 3.36. The molecule has 2 unspecified atom stereocenters. The lowest BCUT2D eigenvalue weighted by molar-refractivity contribution is -0.151. The minimum Gasteiger partial charge on any atom is -0.374 e. The van der Waals surface area contributed by atoms with Crippen LogP contribution in [0.1, 0.15) is 67.2 Å². The minimum absolute atomic E-state index is 0.0577. The standard InChI is InChI=1S/C22H34O5/c1-13(2)7-10-16-20(25)19(17(23)11-8-14(3)4)21(26)22(16,27)18(24)12-9-15(5)6/h9,12-16,19,27H,7-8,10-11H2,1-6H3/b12-9+/t16-,19?,22?/m1/s1. The Morgan fingerprint density at radius 2 is 1.59 bits per heavy atom. The Labute approximate surface area is 162 Å². The van der Waals surface area contributed by atoms with Crippen LogP contribution in [0.25, 0.3) is 0 Å². The van der Waals surface area contributed by atoms with E-state index in [1.807, 2.05) is 41.5 Å². The number of Topliss-reactive ketones (excluding diaryl/α,β-unsaturated/α-hetero) is 3. The summed E-state index contributed by atoms with van der Waals surface area (Å²) >= 11 is 0. The zero-order chi connectivity index (χ0) is 20.9. The number of carbonyl (C=O) groups is 4. The first-order chi connectivity index (χ1) is 12.4. The molecule has 152 valence electrons. The highest BCUT2D eigenvalue weighted by Gasteiger charge is 2.64. The second-order valence-corrected chi connectivity index (χ2v) is 8.86. The Morgan fingerprint density at radius 3 is 2.07 bits per heavy atom. The van der Waals surface area contributed by atoms with Gasteiger partial charge in [-0.2, -0.15) is 0 Å². The summed E-state index contributed by atoms with van der Waals surface area (Å²) in [4.78, 5) is 51.1. The maximum Gasteiger partial charge on any atom is 0.196 e. The van der Waals surface area contributed by atoms with Crippen LogP contribution in [-0.4, -0.2) is 33.8 Å². The number of rotatable bonds is 10. The molecule has 1 aliphatic rings. The number of carbonyl (C=O) groups excluding carboxylic acids is 4. The normalized spacial score (nSPS) is 26.1. The van der Waals surface area contributed by atoms with Crippen molar-refractivity contribution in [3.63, 3.8) is 0 Å². The first-order valence-corrected chi connectivity index (χ1v) is 9.98. The molecule has 0 radical (unpaired) electrons. The van der Waals surface area contributed by atoms with Gasteiger partial charge in [-0.1, -0.05) is 54.0 Å². The van der Waals surface area contributed by atoms with Crippen molar-refractivity contribution < 1.29 is 24.3 Å². The van der Waals surface area contributed by atoms with Crippen LogP contribution in [0.4, 0.5) is 0 Å². The monoisotopic (exact) mass is 378 g/mol. The number of aliphatic hydroxyl groups is 1. The van der Waals surface area contributed by atoms with Crippen LogP contribution in [0.2, 0.25) is 0 Å². The summed E-state index contributed by atoms with van der Waals surface area (Å²) in [5, 5.41) is 11.1. The van der Waals surface area contributed by atoms with Gasteiger partial charge in [-0.3, -0.25) is 19.2 Å². The van der Waals surface area contributed by atoms with E-state index in [1.54, 1.807) is 6.08 Å². The van der Waals surface area contributed by atoms with E-state index < -0.39 is 40.6 Å². The van der Waals surface area contributed by atoms with Gasteiger partial charge >= 0.3 is 0 Å². The molecule has 5 nitrogen and oxygen atoms in total. The smallest absolute Gasteiger partial charge is 0.196 e. The molecular weight excluding hydrogens is 344 g/mol. The summed E-state index contributed by atoms with van der Waals surface area (Å²) in [7, 11) is 0. The maximum atomic E-state index is 12.9. The molecular formula is C22H34O5. The van der Waals surface area contributed by atoms with Gasteiger partial charge < -0.3 is 5.11 Å². The van der Waals surface area contributed by atoms with Crippen molar-refractivity contribution in [3.8, 4) is 0 Å². The van der Waals surface area contributed by atoms with E-state index in [0.29, 0.717) is 12.8 Å². The summed E-state index contributed by atoms with van der Waals surface area (Å²) in [5.41, 5.74) is -2.42. The van der Waals surface area contributed by atoms with Crippen molar-refractivity contribution in [3.05, 3.63) is 12.2 Å². The zero-order valence-electron chi connectivity index (χ0n) is 17.5. The fourth-order valence-electron chi connectivity index (χ4n) is 3.36. The summed E-state index contributed by atoms with van der Waals surface area (Å²) in [6, 6.07) is 0. The van der Waals surface area contributed by atoms with Crippen molar-refractivity contribution >= 4 is 23.1 Å². The summed E-state index contributed by atoms with van der Waals surface area (Å²) < 4.78 is 0. The molecule has 0 amide bonds. The molecule has 0 aromatic carbocycles. The van der Waals surface area contributed by atoms with Crippen LogP contribution in [0.15, 0.2) is 12.2 Å². The predicted molar refractivity (Wildman–Crippen MR) is 104 cm³/mol. The summed E-state index contributed by atoms with van der Waals surface area (Å²) in [6.07, 6.45) is 4.23. The molecule has 1 rings (SSSR count). The molecule has 1 aliphatic carbocycles. The minimum atomic E-state index is -2.42. The molecule has 3 atom stereocenters. The molecule has 1 saturated carbocycles. The molecule has 0 heterocycles. The van der Waals surface area contributed by atoms with Gasteiger partial charge in [0, 0.05) is 6.42 Å². The van der Waals surface area contributed by atoms with Crippen molar-refractivity contribution in [2.75, 3.05) is 0 Å². The molecule has 0 spiro atoms. The number of allylic oxidation sites excluding steroid dienone is 1. The lowest BCUT2D eigenvalue weighted by atomic mass is 9.81. The fraction of sp³-hybridized carbons (Fsp3) is 0.727. The molecule has 0 saturated heterocycles. The third-order valence-electron chi connectivity index (χ3n) is 5.10. The van der Waals surface area contributed by atoms with Gasteiger partial charge in [0.05, 0.1) is 5.92 Å². The summed E-state index contributed by atoms with van der Waals surface area (Å²) in [5.74, 6) is -4.90. The molecule has 0 aromatic heterocycles. The van der Waals surface area contributed by atoms with Crippen LogP contribution < -0.4 is 0 Å². The van der Waals surface area contributed by atoms with Crippen molar-refractivity contribution in [1.82, 2.24) is 0 Å². The van der Waals surface area contributed by atoms with E-state index in [4.69, 9.17) is 0 Å². The van der Waals surface area contributed by atoms with E-state index in [0.717, 1.165) is 0 Å². The largest absolute Gasteiger partial charge is 0.374 e. The molecule has 0 aliphatic heterocycles. The average Bonchev–Trinajstić information content (AvgIpc) is 2.75. The van der Waals surface area contributed by atoms with Gasteiger partial charge in [0.15, 0.2) is 28.7 Å². The molecule has 1 fully saturated rings. The Hall–Kier alpha value is -1.62. The Bertz CT molecular complexity index is 614. The third kappa shape index (κ3) is 5.44. The predicted octanol–water partition coefficient (Wildman–Crippen LogP) is 3.32. The SMILES string of the molecule is CC(C)/C=C/C(=O)C1(O)C(=O)C(C(=O)CCC(C)C)C(=O)[C@H]1CCC(C)C. The van der Waals surface area contributed by atoms with Crippen LogP contribution in [0.5, 0.6) is 0 Å². The lowest BCUT2D eigenvalue weighted by Crippen LogP contribution is -2.49. The lowest BCUT2D eigenvalue weighted by Gasteiger charge is -2.25. The highest BCUT2D eigenvalue weighted by Crippen LogP contribution is 2.39. The molecule has 1 N–H and O–H groups in total. The highest BCUT2D eigenvalue weighted by atomic mass is 16.3. The van der Waals surface area contributed by atoms with Gasteiger partial charge in [0.1, 0.15) is 5.92 Å². The van der Waals surface area contributed by atoms with E-state index >= 15 is 0 Å². The number of ketones is 4. The first-order valence-electron chi connectivity index (χ1n) is 9.98. The third-order valence-corrected chi connectivity index (χ3v) is 5.10. The quantitative estimate of drug-likeness (QED) is 0.465. The Balaban J connectivity index is 3.22. The van der Waals surface area contributed by atoms with E-state index in [2.05, 4.69) is 0 Å². The highest BCUT2D eigenvalue weighted by molar-refractivity contribution is 6.34. The molecule has 5 heteroatoms. The van der Waals surface area contributed by atoms with Gasteiger partial charge in [-0.15, -0.1) is 0 Å². The Morgan fingerprint density at radius 1 is 1.04 bits per heavy atom. The summed E-state index contributed by atoms with van der Waals surface area (Å²) in [6.45, 7) is 11.6. The maximum absolute atomic E-state index is 12.9. The number of hydrogen-bond donors (Lipinski definition) is 1. The first kappa shape index (κ1) is 23.4. The van der Waals surface area contributed by atoms with Gasteiger partial charge in [0.2, 0.25) is 0 Å². The second-order valence-electron chi connectivity index (χ2n) is 8.86.